The summed E-state index contributed by atoms with van der Waals surface area (Å²) in [5, 5.41) is 18.3. The minimum Gasteiger partial charge on any atom is -0.508 e. The molecule has 0 aliphatic heterocycles. The number of aliphatic hydroxyl groups excluding tert-OH is 1. The molecular weight excluding hydrogens is 220 g/mol. The molecule has 0 aliphatic carbocycles. The van der Waals surface area contributed by atoms with Crippen LogP contribution in [0.2, 0.25) is 0 Å². The highest BCUT2D eigenvalue weighted by molar-refractivity contribution is 9.10. The summed E-state index contributed by atoms with van der Waals surface area (Å²) in [5.74, 6) is 0.163. The lowest BCUT2D eigenvalue weighted by atomic mass is 10.1. The fourth-order valence-corrected chi connectivity index (χ4v) is 1.53. The Labute approximate surface area is 80.0 Å². The Morgan fingerprint density at radius 3 is 2.50 bits per heavy atom. The molecule has 66 valence electrons. The molecule has 1 aromatic carbocycles. The maximum atomic E-state index is 9.42. The van der Waals surface area contributed by atoms with E-state index in [1.165, 1.54) is 0 Å². The number of halogens is 1. The van der Waals surface area contributed by atoms with Gasteiger partial charge in [0.2, 0.25) is 0 Å². The lowest BCUT2D eigenvalue weighted by molar-refractivity contribution is 0.274. The quantitative estimate of drug-likeness (QED) is 0.778. The summed E-state index contributed by atoms with van der Waals surface area (Å²) in [7, 11) is 0. The highest BCUT2D eigenvalue weighted by Crippen LogP contribution is 2.30. The Morgan fingerprint density at radius 1 is 1.42 bits per heavy atom. The Balaban J connectivity index is 3.40. The van der Waals surface area contributed by atoms with Crippen LogP contribution < -0.4 is 0 Å². The van der Waals surface area contributed by atoms with Gasteiger partial charge in [0.1, 0.15) is 5.75 Å². The van der Waals surface area contributed by atoms with E-state index in [-0.39, 0.29) is 12.4 Å². The summed E-state index contributed by atoms with van der Waals surface area (Å²) in [6, 6.07) is 1.64. The lowest BCUT2D eigenvalue weighted by Crippen LogP contribution is -1.92. The SMILES string of the molecule is Cc1cc(O)c(CO)c(C)c1Br. The summed E-state index contributed by atoms with van der Waals surface area (Å²) in [6.45, 7) is 3.64. The number of benzene rings is 1. The first kappa shape index (κ1) is 9.55. The molecule has 2 N–H and O–H groups in total. The summed E-state index contributed by atoms with van der Waals surface area (Å²) >= 11 is 3.38. The molecule has 1 aromatic rings. The third-order valence-corrected chi connectivity index (χ3v) is 3.17. The Kier molecular flexibility index (Phi) is 2.75. The number of aromatic hydroxyl groups is 1. The van der Waals surface area contributed by atoms with Crippen molar-refractivity contribution in [2.75, 3.05) is 0 Å². The van der Waals surface area contributed by atoms with Crippen molar-refractivity contribution in [3.63, 3.8) is 0 Å². The third-order valence-electron chi connectivity index (χ3n) is 1.95. The Bertz CT molecular complexity index is 308. The van der Waals surface area contributed by atoms with Crippen LogP contribution in [-0.2, 0) is 6.61 Å². The maximum Gasteiger partial charge on any atom is 0.121 e. The molecule has 0 radical (unpaired) electrons. The fraction of sp³-hybridized carbons (Fsp3) is 0.333. The van der Waals surface area contributed by atoms with E-state index in [0.29, 0.717) is 5.56 Å². The van der Waals surface area contributed by atoms with E-state index < -0.39 is 0 Å². The van der Waals surface area contributed by atoms with Crippen molar-refractivity contribution in [1.29, 1.82) is 0 Å². The van der Waals surface area contributed by atoms with Crippen molar-refractivity contribution < 1.29 is 10.2 Å². The molecule has 0 spiro atoms. The van der Waals surface area contributed by atoms with Gasteiger partial charge >= 0.3 is 0 Å². The van der Waals surface area contributed by atoms with Gasteiger partial charge in [0.15, 0.2) is 0 Å². The van der Waals surface area contributed by atoms with E-state index in [0.717, 1.165) is 15.6 Å². The normalized spacial score (nSPS) is 10.3. The van der Waals surface area contributed by atoms with Gasteiger partial charge in [0.25, 0.3) is 0 Å². The van der Waals surface area contributed by atoms with Gasteiger partial charge in [-0.05, 0) is 31.0 Å². The molecule has 0 bridgehead atoms. The number of hydrogen-bond acceptors (Lipinski definition) is 2. The van der Waals surface area contributed by atoms with Crippen LogP contribution in [0, 0.1) is 13.8 Å². The summed E-state index contributed by atoms with van der Waals surface area (Å²) < 4.78 is 0.948. The molecule has 0 saturated heterocycles. The minimum absolute atomic E-state index is 0.128. The largest absolute Gasteiger partial charge is 0.508 e. The highest BCUT2D eigenvalue weighted by atomic mass is 79.9. The average molecular weight is 231 g/mol. The molecule has 3 heteroatoms. The van der Waals surface area contributed by atoms with Gasteiger partial charge in [0.05, 0.1) is 6.61 Å². The zero-order chi connectivity index (χ0) is 9.30. The van der Waals surface area contributed by atoms with Crippen LogP contribution in [-0.4, -0.2) is 10.2 Å². The molecule has 0 aromatic heterocycles. The van der Waals surface area contributed by atoms with Crippen LogP contribution in [0.1, 0.15) is 16.7 Å². The van der Waals surface area contributed by atoms with Crippen LogP contribution in [0.25, 0.3) is 0 Å². The summed E-state index contributed by atoms with van der Waals surface area (Å²) in [4.78, 5) is 0. The van der Waals surface area contributed by atoms with Crippen LogP contribution >= 0.6 is 15.9 Å². The number of hydrogen-bond donors (Lipinski definition) is 2. The van der Waals surface area contributed by atoms with Crippen LogP contribution in [0.3, 0.4) is 0 Å². The molecule has 0 unspecified atom stereocenters. The first-order valence-corrected chi connectivity index (χ1v) is 4.45. The van der Waals surface area contributed by atoms with Crippen molar-refractivity contribution >= 4 is 15.9 Å². The summed E-state index contributed by atoms with van der Waals surface area (Å²) in [5.41, 5.74) is 2.46. The van der Waals surface area contributed by atoms with Crippen molar-refractivity contribution in [1.82, 2.24) is 0 Å². The van der Waals surface area contributed by atoms with E-state index in [1.807, 2.05) is 13.8 Å². The van der Waals surface area contributed by atoms with E-state index >= 15 is 0 Å². The van der Waals surface area contributed by atoms with Crippen molar-refractivity contribution in [2.24, 2.45) is 0 Å². The first-order chi connectivity index (χ1) is 5.57. The first-order valence-electron chi connectivity index (χ1n) is 3.66. The van der Waals surface area contributed by atoms with Crippen molar-refractivity contribution in [3.8, 4) is 5.75 Å². The monoisotopic (exact) mass is 230 g/mol. The van der Waals surface area contributed by atoms with E-state index in [9.17, 15) is 5.11 Å². The topological polar surface area (TPSA) is 40.5 Å². The molecule has 0 atom stereocenters. The molecule has 2 nitrogen and oxygen atoms in total. The predicted octanol–water partition coefficient (Wildman–Crippen LogP) is 2.26. The van der Waals surface area contributed by atoms with E-state index in [2.05, 4.69) is 15.9 Å². The zero-order valence-corrected chi connectivity index (χ0v) is 8.64. The highest BCUT2D eigenvalue weighted by Gasteiger charge is 2.09. The zero-order valence-electron chi connectivity index (χ0n) is 7.06. The number of phenols is 1. The predicted molar refractivity (Wildman–Crippen MR) is 51.2 cm³/mol. The van der Waals surface area contributed by atoms with Crippen LogP contribution in [0.5, 0.6) is 5.75 Å². The smallest absolute Gasteiger partial charge is 0.121 e. The van der Waals surface area contributed by atoms with E-state index in [1.54, 1.807) is 6.07 Å². The summed E-state index contributed by atoms with van der Waals surface area (Å²) in [6.07, 6.45) is 0. The van der Waals surface area contributed by atoms with Gasteiger partial charge in [-0.25, -0.2) is 0 Å². The Morgan fingerprint density at radius 2 is 2.00 bits per heavy atom. The second kappa shape index (κ2) is 3.46. The van der Waals surface area contributed by atoms with Crippen LogP contribution in [0.4, 0.5) is 0 Å². The molecule has 0 saturated carbocycles. The van der Waals surface area contributed by atoms with Gasteiger partial charge in [-0.3, -0.25) is 0 Å². The van der Waals surface area contributed by atoms with Gasteiger partial charge in [-0.15, -0.1) is 0 Å². The molecule has 0 amide bonds. The average Bonchev–Trinajstić information content (AvgIpc) is 2.01. The second-order valence-corrected chi connectivity index (χ2v) is 3.58. The Hall–Kier alpha value is -0.540. The molecule has 1 rings (SSSR count). The molecule has 0 fully saturated rings. The van der Waals surface area contributed by atoms with Crippen molar-refractivity contribution in [2.45, 2.75) is 20.5 Å². The molecule has 0 heterocycles. The van der Waals surface area contributed by atoms with Gasteiger partial charge in [-0.1, -0.05) is 15.9 Å². The maximum absolute atomic E-state index is 9.42. The number of aliphatic hydroxyl groups is 1. The van der Waals surface area contributed by atoms with Crippen molar-refractivity contribution in [3.05, 3.63) is 27.2 Å². The van der Waals surface area contributed by atoms with Crippen LogP contribution in [0.15, 0.2) is 10.5 Å². The van der Waals surface area contributed by atoms with Gasteiger partial charge < -0.3 is 10.2 Å². The second-order valence-electron chi connectivity index (χ2n) is 2.79. The molecule has 12 heavy (non-hydrogen) atoms. The minimum atomic E-state index is -0.128. The third kappa shape index (κ3) is 1.47. The number of aryl methyl sites for hydroxylation is 1. The fourth-order valence-electron chi connectivity index (χ4n) is 1.18. The van der Waals surface area contributed by atoms with Gasteiger partial charge in [-0.2, -0.15) is 0 Å². The molecule has 0 aliphatic rings. The lowest BCUT2D eigenvalue weighted by Gasteiger charge is -2.09. The number of rotatable bonds is 1. The van der Waals surface area contributed by atoms with Gasteiger partial charge in [0, 0.05) is 10.0 Å². The van der Waals surface area contributed by atoms with E-state index in [4.69, 9.17) is 5.11 Å². The standard InChI is InChI=1S/C9H11BrO2/c1-5-3-8(12)7(4-11)6(2)9(5)10/h3,11-12H,4H2,1-2H3. The molecular formula is C9H11BrO2.